The minimum Gasteiger partial charge on any atom is -0.366 e. The lowest BCUT2D eigenvalue weighted by Crippen LogP contribution is -2.12. The predicted molar refractivity (Wildman–Crippen MR) is 98.4 cm³/mol. The first-order chi connectivity index (χ1) is 12.0. The van der Waals surface area contributed by atoms with E-state index in [9.17, 15) is 4.79 Å². The first kappa shape index (κ1) is 16.9. The quantitative estimate of drug-likeness (QED) is 0.765. The summed E-state index contributed by atoms with van der Waals surface area (Å²) in [6.07, 6.45) is 0.283. The molecule has 0 bridgehead atoms. The molecule has 0 atom stereocenters. The molecule has 0 spiro atoms. The van der Waals surface area contributed by atoms with Gasteiger partial charge in [0.15, 0.2) is 0 Å². The molecule has 6 heteroatoms. The van der Waals surface area contributed by atoms with Crippen molar-refractivity contribution in [1.29, 1.82) is 5.26 Å². The molecule has 0 radical (unpaired) electrons. The third kappa shape index (κ3) is 3.47. The van der Waals surface area contributed by atoms with Gasteiger partial charge in [-0.25, -0.2) is 4.98 Å². The Kier molecular flexibility index (Phi) is 4.68. The Morgan fingerprint density at radius 2 is 2.04 bits per heavy atom. The molecule has 0 aliphatic heterocycles. The lowest BCUT2D eigenvalue weighted by atomic mass is 10.1. The Hall–Kier alpha value is -2.91. The summed E-state index contributed by atoms with van der Waals surface area (Å²) in [6, 6.07) is 12.2. The van der Waals surface area contributed by atoms with Crippen molar-refractivity contribution in [3.8, 4) is 17.5 Å². The van der Waals surface area contributed by atoms with E-state index in [0.29, 0.717) is 12.1 Å². The Balaban J connectivity index is 2.06. The maximum atomic E-state index is 11.8. The summed E-state index contributed by atoms with van der Waals surface area (Å²) in [5.74, 6) is -0.450. The number of nitrogens with zero attached hydrogens (tertiary/aromatic N) is 3. The highest BCUT2D eigenvalue weighted by molar-refractivity contribution is 7.10. The van der Waals surface area contributed by atoms with Gasteiger partial charge in [-0.2, -0.15) is 5.26 Å². The fourth-order valence-electron chi connectivity index (χ4n) is 2.76. The van der Waals surface area contributed by atoms with E-state index in [0.717, 1.165) is 27.7 Å². The minimum absolute atomic E-state index is 0.283. The lowest BCUT2D eigenvalue weighted by Gasteiger charge is -2.11. The molecular weight excluding hydrogens is 332 g/mol. The van der Waals surface area contributed by atoms with Gasteiger partial charge in [0.1, 0.15) is 5.01 Å². The summed E-state index contributed by atoms with van der Waals surface area (Å²) in [6.45, 7) is 4.56. The maximum absolute atomic E-state index is 11.8. The van der Waals surface area contributed by atoms with Crippen LogP contribution in [0.3, 0.4) is 0 Å². The normalized spacial score (nSPS) is 10.6. The van der Waals surface area contributed by atoms with Gasteiger partial charge in [-0.3, -0.25) is 4.79 Å². The van der Waals surface area contributed by atoms with Crippen LogP contribution in [-0.2, 0) is 13.0 Å². The highest BCUT2D eigenvalue weighted by atomic mass is 32.1. The molecule has 3 aromatic rings. The van der Waals surface area contributed by atoms with Crippen molar-refractivity contribution in [2.24, 2.45) is 5.73 Å². The van der Waals surface area contributed by atoms with Crippen molar-refractivity contribution < 1.29 is 4.79 Å². The van der Waals surface area contributed by atoms with Crippen molar-refractivity contribution in [1.82, 2.24) is 9.55 Å². The van der Waals surface area contributed by atoms with E-state index < -0.39 is 5.91 Å². The van der Waals surface area contributed by atoms with Crippen LogP contribution < -0.4 is 5.73 Å². The number of hydrogen-bond donors (Lipinski definition) is 1. The van der Waals surface area contributed by atoms with Crippen LogP contribution in [0.2, 0.25) is 0 Å². The number of nitriles is 1. The fraction of sp³-hybridized carbons (Fsp3) is 0.211. The molecular formula is C19H18N4OS. The van der Waals surface area contributed by atoms with Gasteiger partial charge in [0.2, 0.25) is 0 Å². The molecule has 1 aromatic carbocycles. The zero-order valence-corrected chi connectivity index (χ0v) is 14.9. The second-order valence-corrected chi connectivity index (χ2v) is 6.87. The largest absolute Gasteiger partial charge is 0.366 e. The number of carbonyl (C=O) groups excluding carboxylic acids is 1. The number of thiazole rings is 1. The summed E-state index contributed by atoms with van der Waals surface area (Å²) in [5, 5.41) is 11.5. The van der Waals surface area contributed by atoms with Gasteiger partial charge in [-0.05, 0) is 25.5 Å². The van der Waals surface area contributed by atoms with Crippen LogP contribution in [0.1, 0.15) is 32.2 Å². The third-order valence-electron chi connectivity index (χ3n) is 4.14. The molecule has 2 heterocycles. The number of carbonyl (C=O) groups is 1. The SMILES string of the molecule is Cc1ccc(Cn2c(-c3csc(CC#N)n3)cc(C(N)=O)c2C)cc1. The first-order valence-electron chi connectivity index (χ1n) is 7.86. The average molecular weight is 350 g/mol. The summed E-state index contributed by atoms with van der Waals surface area (Å²) in [5.41, 5.74) is 10.8. The number of aryl methyl sites for hydroxylation is 1. The van der Waals surface area contributed by atoms with Crippen molar-refractivity contribution >= 4 is 17.2 Å². The molecule has 0 unspecified atom stereocenters. The second-order valence-electron chi connectivity index (χ2n) is 5.93. The number of nitrogens with two attached hydrogens (primary N) is 1. The third-order valence-corrected chi connectivity index (χ3v) is 4.99. The molecule has 3 rings (SSSR count). The number of benzene rings is 1. The van der Waals surface area contributed by atoms with Crippen molar-refractivity contribution in [2.75, 3.05) is 0 Å². The second kappa shape index (κ2) is 6.91. The van der Waals surface area contributed by atoms with E-state index in [1.807, 2.05) is 19.2 Å². The van der Waals surface area contributed by atoms with Crippen LogP contribution >= 0.6 is 11.3 Å². The lowest BCUT2D eigenvalue weighted by molar-refractivity contribution is 0.0999. The van der Waals surface area contributed by atoms with Gasteiger partial charge >= 0.3 is 0 Å². The molecule has 0 aliphatic carbocycles. The summed E-state index contributed by atoms with van der Waals surface area (Å²) >= 11 is 1.45. The van der Waals surface area contributed by atoms with Crippen molar-refractivity contribution in [3.05, 3.63) is 63.1 Å². The Morgan fingerprint density at radius 3 is 2.68 bits per heavy atom. The Labute approximate surface area is 150 Å². The van der Waals surface area contributed by atoms with Crippen LogP contribution in [0.4, 0.5) is 0 Å². The summed E-state index contributed by atoms with van der Waals surface area (Å²) in [7, 11) is 0. The van der Waals surface area contributed by atoms with Crippen LogP contribution in [-0.4, -0.2) is 15.5 Å². The van der Waals surface area contributed by atoms with Crippen LogP contribution in [0, 0.1) is 25.2 Å². The van der Waals surface area contributed by atoms with E-state index in [1.165, 1.54) is 16.9 Å². The predicted octanol–water partition coefficient (Wildman–Crippen LogP) is 3.44. The average Bonchev–Trinajstić information content (AvgIpc) is 3.15. The fourth-order valence-corrected chi connectivity index (χ4v) is 3.48. The van der Waals surface area contributed by atoms with E-state index in [1.54, 1.807) is 6.07 Å². The van der Waals surface area contributed by atoms with Crippen LogP contribution in [0.25, 0.3) is 11.4 Å². The number of rotatable bonds is 5. The highest BCUT2D eigenvalue weighted by Gasteiger charge is 2.18. The maximum Gasteiger partial charge on any atom is 0.250 e. The molecule has 5 nitrogen and oxygen atoms in total. The number of amides is 1. The van der Waals surface area contributed by atoms with Gasteiger partial charge in [0.25, 0.3) is 5.91 Å². The highest BCUT2D eigenvalue weighted by Crippen LogP contribution is 2.28. The smallest absolute Gasteiger partial charge is 0.250 e. The zero-order valence-electron chi connectivity index (χ0n) is 14.1. The summed E-state index contributed by atoms with van der Waals surface area (Å²) < 4.78 is 2.05. The van der Waals surface area contributed by atoms with Gasteiger partial charge in [0.05, 0.1) is 29.4 Å². The summed E-state index contributed by atoms with van der Waals surface area (Å²) in [4.78, 5) is 16.3. The first-order valence-corrected chi connectivity index (χ1v) is 8.74. The molecule has 2 N–H and O–H groups in total. The standard InChI is InChI=1S/C19H18N4OS/c1-12-3-5-14(6-4-12)10-23-13(2)15(19(21)24)9-17(23)16-11-25-18(22-16)7-8-20/h3-6,9,11H,7,10H2,1-2H3,(H2,21,24). The Morgan fingerprint density at radius 1 is 1.32 bits per heavy atom. The number of primary amides is 1. The molecule has 2 aromatic heterocycles. The monoisotopic (exact) mass is 350 g/mol. The molecule has 0 fully saturated rings. The van der Waals surface area contributed by atoms with E-state index in [2.05, 4.69) is 39.9 Å². The molecule has 25 heavy (non-hydrogen) atoms. The van der Waals surface area contributed by atoms with E-state index in [-0.39, 0.29) is 6.42 Å². The number of aromatic nitrogens is 2. The molecule has 1 amide bonds. The Bertz CT molecular complexity index is 960. The van der Waals surface area contributed by atoms with Gasteiger partial charge in [-0.1, -0.05) is 29.8 Å². The van der Waals surface area contributed by atoms with Crippen molar-refractivity contribution in [2.45, 2.75) is 26.8 Å². The van der Waals surface area contributed by atoms with Gasteiger partial charge in [0, 0.05) is 17.6 Å². The number of hydrogen-bond acceptors (Lipinski definition) is 4. The van der Waals surface area contributed by atoms with E-state index >= 15 is 0 Å². The molecule has 126 valence electrons. The molecule has 0 saturated carbocycles. The van der Waals surface area contributed by atoms with Gasteiger partial charge in [-0.15, -0.1) is 11.3 Å². The van der Waals surface area contributed by atoms with E-state index in [4.69, 9.17) is 11.0 Å². The topological polar surface area (TPSA) is 84.7 Å². The van der Waals surface area contributed by atoms with Crippen molar-refractivity contribution in [3.63, 3.8) is 0 Å². The van der Waals surface area contributed by atoms with Gasteiger partial charge < -0.3 is 10.3 Å². The minimum atomic E-state index is -0.450. The zero-order chi connectivity index (χ0) is 18.0. The molecule has 0 aliphatic rings. The van der Waals surface area contributed by atoms with Crippen LogP contribution in [0.5, 0.6) is 0 Å². The van der Waals surface area contributed by atoms with Crippen LogP contribution in [0.15, 0.2) is 35.7 Å². The molecule has 0 saturated heterocycles.